The van der Waals surface area contributed by atoms with E-state index in [1.54, 1.807) is 0 Å². The maximum absolute atomic E-state index is 13.0. The van der Waals surface area contributed by atoms with E-state index in [9.17, 15) is 19.5 Å². The number of aliphatic carboxylic acids is 1. The normalized spacial score (nSPS) is 26.6. The summed E-state index contributed by atoms with van der Waals surface area (Å²) in [4.78, 5) is 37.9. The van der Waals surface area contributed by atoms with Crippen LogP contribution in [0.4, 0.5) is 5.00 Å². The van der Waals surface area contributed by atoms with Crippen molar-refractivity contribution >= 4 is 34.2 Å². The molecule has 0 aromatic carbocycles. The minimum atomic E-state index is -0.936. The molecule has 4 atom stereocenters. The summed E-state index contributed by atoms with van der Waals surface area (Å²) >= 11 is 1.33. The predicted molar refractivity (Wildman–Crippen MR) is 98.4 cm³/mol. The van der Waals surface area contributed by atoms with Crippen LogP contribution in [-0.2, 0) is 20.7 Å². The zero-order chi connectivity index (χ0) is 19.0. The molecule has 1 aromatic heterocycles. The number of nitrogens with one attached hydrogen (secondary N) is 1. The lowest BCUT2D eigenvalue weighted by atomic mass is 9.62. The van der Waals surface area contributed by atoms with E-state index >= 15 is 0 Å². The lowest BCUT2D eigenvalue weighted by Gasteiger charge is -2.41. The van der Waals surface area contributed by atoms with Crippen LogP contribution in [0.2, 0.25) is 0 Å². The second-order valence-electron chi connectivity index (χ2n) is 6.86. The molecule has 1 saturated carbocycles. The van der Waals surface area contributed by atoms with E-state index in [-0.39, 0.29) is 17.7 Å². The number of ether oxygens (including phenoxy) is 1. The van der Waals surface area contributed by atoms with Crippen molar-refractivity contribution in [2.24, 2.45) is 23.7 Å². The van der Waals surface area contributed by atoms with Crippen molar-refractivity contribution in [2.45, 2.75) is 33.1 Å². The summed E-state index contributed by atoms with van der Waals surface area (Å²) in [5.41, 5.74) is 1.24. The number of rotatable bonds is 5. The van der Waals surface area contributed by atoms with E-state index in [1.165, 1.54) is 18.4 Å². The Morgan fingerprint density at radius 3 is 2.35 bits per heavy atom. The van der Waals surface area contributed by atoms with Gasteiger partial charge in [0.1, 0.15) is 5.00 Å². The van der Waals surface area contributed by atoms with Gasteiger partial charge in [0.15, 0.2) is 0 Å². The van der Waals surface area contributed by atoms with Crippen molar-refractivity contribution in [2.75, 3.05) is 12.4 Å². The van der Waals surface area contributed by atoms with Gasteiger partial charge in [0, 0.05) is 4.88 Å². The molecule has 1 heterocycles. The number of esters is 1. The molecule has 1 aromatic rings. The second-order valence-corrected chi connectivity index (χ2v) is 8.08. The van der Waals surface area contributed by atoms with Gasteiger partial charge in [-0.25, -0.2) is 4.79 Å². The molecular formula is C19H23NO5S. The molecular weight excluding hydrogens is 354 g/mol. The third-order valence-electron chi connectivity index (χ3n) is 5.52. The van der Waals surface area contributed by atoms with E-state index in [0.29, 0.717) is 17.0 Å². The Morgan fingerprint density at radius 1 is 1.23 bits per heavy atom. The standard InChI is InChI=1S/C19H23NO5S/c1-4-12-9(2)26-17(15(12)19(24)25-3)20-16(21)13-10-5-7-11(8-6-10)14(13)18(22)23/h5,7,10-11,13-14H,4,6,8H2,1-3H3,(H,20,21)(H,22,23)/t10-,11-,13+,14-/m0/s1. The van der Waals surface area contributed by atoms with E-state index in [0.717, 1.165) is 23.3 Å². The van der Waals surface area contributed by atoms with Crippen LogP contribution in [0.3, 0.4) is 0 Å². The molecule has 6 nitrogen and oxygen atoms in total. The SMILES string of the molecule is CCc1c(C)sc(NC(=O)[C@H]2[C@@H](C(=O)O)[C@H]3C=C[C@H]2CC3)c1C(=O)OC. The summed E-state index contributed by atoms with van der Waals surface area (Å²) in [6, 6.07) is 0. The Hall–Kier alpha value is -2.15. The van der Waals surface area contributed by atoms with Crippen molar-refractivity contribution in [1.82, 2.24) is 0 Å². The molecule has 0 radical (unpaired) electrons. The summed E-state index contributed by atoms with van der Waals surface area (Å²) in [6.45, 7) is 3.84. The van der Waals surface area contributed by atoms with Gasteiger partial charge >= 0.3 is 11.9 Å². The summed E-state index contributed by atoms with van der Waals surface area (Å²) < 4.78 is 4.88. The topological polar surface area (TPSA) is 92.7 Å². The Bertz CT molecular complexity index is 781. The van der Waals surface area contributed by atoms with E-state index in [4.69, 9.17) is 4.74 Å². The predicted octanol–water partition coefficient (Wildman–Crippen LogP) is 3.26. The van der Waals surface area contributed by atoms with Gasteiger partial charge in [-0.3, -0.25) is 9.59 Å². The zero-order valence-electron chi connectivity index (χ0n) is 15.1. The molecule has 3 aliphatic carbocycles. The molecule has 0 aliphatic heterocycles. The molecule has 140 valence electrons. The van der Waals surface area contributed by atoms with Crippen molar-refractivity contribution in [3.8, 4) is 0 Å². The van der Waals surface area contributed by atoms with Gasteiger partial charge in [-0.15, -0.1) is 11.3 Å². The number of carboxylic acid groups (broad SMARTS) is 1. The number of carbonyl (C=O) groups excluding carboxylic acids is 2. The average molecular weight is 377 g/mol. The summed E-state index contributed by atoms with van der Waals surface area (Å²) in [5, 5.41) is 12.9. The fourth-order valence-electron chi connectivity index (χ4n) is 4.29. The maximum atomic E-state index is 13.0. The average Bonchev–Trinajstić information content (AvgIpc) is 2.95. The highest BCUT2D eigenvalue weighted by atomic mass is 32.1. The molecule has 2 N–H and O–H groups in total. The molecule has 1 amide bonds. The number of thiophene rings is 1. The third-order valence-corrected chi connectivity index (χ3v) is 6.59. The van der Waals surface area contributed by atoms with Crippen LogP contribution in [0.5, 0.6) is 0 Å². The zero-order valence-corrected chi connectivity index (χ0v) is 15.9. The Morgan fingerprint density at radius 2 is 1.85 bits per heavy atom. The Labute approximate surface area is 156 Å². The first kappa shape index (κ1) is 18.6. The van der Waals surface area contributed by atoms with Crippen LogP contribution in [-0.4, -0.2) is 30.1 Å². The molecule has 3 aliphatic rings. The Kier molecular flexibility index (Phi) is 5.18. The molecule has 0 unspecified atom stereocenters. The lowest BCUT2D eigenvalue weighted by molar-refractivity contribution is -0.151. The fraction of sp³-hybridized carbons (Fsp3) is 0.526. The molecule has 1 fully saturated rings. The highest BCUT2D eigenvalue weighted by Gasteiger charge is 2.48. The van der Waals surface area contributed by atoms with Crippen LogP contribution < -0.4 is 5.32 Å². The van der Waals surface area contributed by atoms with E-state index in [1.807, 2.05) is 26.0 Å². The monoisotopic (exact) mass is 377 g/mol. The minimum absolute atomic E-state index is 0.0746. The highest BCUT2D eigenvalue weighted by Crippen LogP contribution is 2.46. The van der Waals surface area contributed by atoms with Crippen molar-refractivity contribution in [3.63, 3.8) is 0 Å². The quantitative estimate of drug-likeness (QED) is 0.607. The maximum Gasteiger partial charge on any atom is 0.341 e. The number of hydrogen-bond acceptors (Lipinski definition) is 5. The smallest absolute Gasteiger partial charge is 0.341 e. The number of methoxy groups -OCH3 is 1. The third kappa shape index (κ3) is 3.05. The van der Waals surface area contributed by atoms with Crippen LogP contribution in [0.1, 0.15) is 40.6 Å². The number of aryl methyl sites for hydroxylation is 1. The number of allylic oxidation sites excluding steroid dienone is 2. The molecule has 26 heavy (non-hydrogen) atoms. The highest BCUT2D eigenvalue weighted by molar-refractivity contribution is 7.16. The minimum Gasteiger partial charge on any atom is -0.481 e. The summed E-state index contributed by atoms with van der Waals surface area (Å²) in [5.74, 6) is -3.26. The summed E-state index contributed by atoms with van der Waals surface area (Å²) in [7, 11) is 1.31. The number of hydrogen-bond donors (Lipinski definition) is 2. The largest absolute Gasteiger partial charge is 0.481 e. The van der Waals surface area contributed by atoms with E-state index < -0.39 is 23.8 Å². The first-order valence-electron chi connectivity index (χ1n) is 8.81. The second kappa shape index (κ2) is 7.23. The van der Waals surface area contributed by atoms with Crippen LogP contribution in [0.25, 0.3) is 0 Å². The fourth-order valence-corrected chi connectivity index (χ4v) is 5.43. The van der Waals surface area contributed by atoms with Crippen molar-refractivity contribution < 1.29 is 24.2 Å². The van der Waals surface area contributed by atoms with Crippen molar-refractivity contribution in [3.05, 3.63) is 28.2 Å². The molecule has 4 rings (SSSR count). The number of anilines is 1. The van der Waals surface area contributed by atoms with Crippen LogP contribution in [0, 0.1) is 30.6 Å². The lowest BCUT2D eigenvalue weighted by Crippen LogP contribution is -2.47. The number of fused-ring (bicyclic) bond motifs is 2. The van der Waals surface area contributed by atoms with Gasteiger partial charge in [-0.05, 0) is 43.6 Å². The Balaban J connectivity index is 1.92. The van der Waals surface area contributed by atoms with Crippen LogP contribution >= 0.6 is 11.3 Å². The molecule has 0 saturated heterocycles. The van der Waals surface area contributed by atoms with Gasteiger partial charge in [0.2, 0.25) is 5.91 Å². The van der Waals surface area contributed by atoms with Gasteiger partial charge in [-0.1, -0.05) is 19.1 Å². The number of carboxylic acids is 1. The van der Waals surface area contributed by atoms with Gasteiger partial charge < -0.3 is 15.2 Å². The first-order valence-corrected chi connectivity index (χ1v) is 9.63. The van der Waals surface area contributed by atoms with E-state index in [2.05, 4.69) is 5.32 Å². The first-order chi connectivity index (χ1) is 12.4. The van der Waals surface area contributed by atoms with Gasteiger partial charge in [0.05, 0.1) is 24.5 Å². The van der Waals surface area contributed by atoms with Gasteiger partial charge in [0.25, 0.3) is 0 Å². The molecule has 0 spiro atoms. The number of amides is 1. The molecule has 2 bridgehead atoms. The van der Waals surface area contributed by atoms with Crippen LogP contribution in [0.15, 0.2) is 12.2 Å². The van der Waals surface area contributed by atoms with Gasteiger partial charge in [-0.2, -0.15) is 0 Å². The summed E-state index contributed by atoms with van der Waals surface area (Å²) in [6.07, 6.45) is 6.17. The molecule has 7 heteroatoms. The van der Waals surface area contributed by atoms with Crippen molar-refractivity contribution in [1.29, 1.82) is 0 Å². The number of carbonyl (C=O) groups is 3.